The lowest BCUT2D eigenvalue weighted by atomic mass is 10.00. The molecule has 0 aliphatic heterocycles. The monoisotopic (exact) mass is 259 g/mol. The van der Waals surface area contributed by atoms with Crippen LogP contribution in [0.2, 0.25) is 5.02 Å². The summed E-state index contributed by atoms with van der Waals surface area (Å²) in [7, 11) is 0. The van der Waals surface area contributed by atoms with E-state index in [1.54, 1.807) is 6.92 Å². The van der Waals surface area contributed by atoms with Crippen molar-refractivity contribution in [3.05, 3.63) is 46.5 Å². The van der Waals surface area contributed by atoms with E-state index in [0.29, 0.717) is 6.54 Å². The normalized spacial score (nSPS) is 12.5. The predicted molar refractivity (Wildman–Crippen MR) is 67.2 cm³/mol. The molecule has 1 aromatic rings. The molecule has 0 saturated heterocycles. The number of hydrogen-bond donors (Lipinski definition) is 1. The molecule has 1 aromatic carbocycles. The van der Waals surface area contributed by atoms with Crippen molar-refractivity contribution in [2.24, 2.45) is 0 Å². The van der Waals surface area contributed by atoms with E-state index in [1.165, 1.54) is 0 Å². The van der Waals surface area contributed by atoms with Crippen molar-refractivity contribution >= 4 is 11.6 Å². The van der Waals surface area contributed by atoms with Crippen LogP contribution in [0, 0.1) is 11.6 Å². The molecule has 1 rings (SSSR count). The maximum absolute atomic E-state index is 13.7. The molecule has 0 saturated carbocycles. The fourth-order valence-corrected chi connectivity index (χ4v) is 1.75. The molecule has 4 heteroatoms. The number of halogens is 3. The van der Waals surface area contributed by atoms with Gasteiger partial charge in [-0.25, -0.2) is 8.78 Å². The standard InChI is InChI=1S/C13H16ClF2N/c1-4-5-17-13(8(2)3)9-6-12(16)10(14)7-11(9)15/h6-7,13,17H,2,4-5H2,1,3H3. The van der Waals surface area contributed by atoms with E-state index in [0.717, 1.165) is 24.1 Å². The molecule has 17 heavy (non-hydrogen) atoms. The van der Waals surface area contributed by atoms with Crippen LogP contribution in [0.4, 0.5) is 8.78 Å². The van der Waals surface area contributed by atoms with Crippen LogP contribution in [0.5, 0.6) is 0 Å². The van der Waals surface area contributed by atoms with E-state index >= 15 is 0 Å². The van der Waals surface area contributed by atoms with E-state index in [4.69, 9.17) is 11.6 Å². The van der Waals surface area contributed by atoms with Crippen molar-refractivity contribution < 1.29 is 8.78 Å². The van der Waals surface area contributed by atoms with E-state index in [-0.39, 0.29) is 16.6 Å². The molecule has 0 heterocycles. The minimum Gasteiger partial charge on any atom is -0.306 e. The zero-order valence-corrected chi connectivity index (χ0v) is 10.7. The summed E-state index contributed by atoms with van der Waals surface area (Å²) in [5.74, 6) is -1.14. The summed E-state index contributed by atoms with van der Waals surface area (Å²) in [5, 5.41) is 2.92. The third-order valence-electron chi connectivity index (χ3n) is 2.44. The largest absolute Gasteiger partial charge is 0.306 e. The van der Waals surface area contributed by atoms with Crippen molar-refractivity contribution in [1.29, 1.82) is 0 Å². The van der Waals surface area contributed by atoms with Crippen LogP contribution in [0.15, 0.2) is 24.3 Å². The highest BCUT2D eigenvalue weighted by Crippen LogP contribution is 2.27. The quantitative estimate of drug-likeness (QED) is 0.616. The van der Waals surface area contributed by atoms with Gasteiger partial charge in [-0.2, -0.15) is 0 Å². The first-order valence-electron chi connectivity index (χ1n) is 5.50. The smallest absolute Gasteiger partial charge is 0.142 e. The van der Waals surface area contributed by atoms with Crippen molar-refractivity contribution in [1.82, 2.24) is 5.32 Å². The Morgan fingerprint density at radius 2 is 2.06 bits per heavy atom. The van der Waals surface area contributed by atoms with Gasteiger partial charge >= 0.3 is 0 Å². The van der Waals surface area contributed by atoms with E-state index < -0.39 is 11.6 Å². The minimum atomic E-state index is -0.618. The molecule has 0 radical (unpaired) electrons. The van der Waals surface area contributed by atoms with Crippen LogP contribution in [0.25, 0.3) is 0 Å². The Labute approximate surface area is 105 Å². The van der Waals surface area contributed by atoms with Gasteiger partial charge in [0.15, 0.2) is 0 Å². The molecule has 0 aliphatic carbocycles. The molecular formula is C13H16ClF2N. The summed E-state index contributed by atoms with van der Waals surface area (Å²) < 4.78 is 27.1. The average molecular weight is 260 g/mol. The van der Waals surface area contributed by atoms with Crippen molar-refractivity contribution in [3.63, 3.8) is 0 Å². The molecule has 0 amide bonds. The van der Waals surface area contributed by atoms with Gasteiger partial charge < -0.3 is 5.32 Å². The Balaban J connectivity index is 3.09. The summed E-state index contributed by atoms with van der Waals surface area (Å²) in [6.45, 7) is 8.28. The third kappa shape index (κ3) is 3.51. The lowest BCUT2D eigenvalue weighted by Crippen LogP contribution is -2.24. The molecular weight excluding hydrogens is 244 g/mol. The molecule has 1 N–H and O–H groups in total. The lowest BCUT2D eigenvalue weighted by molar-refractivity contribution is 0.531. The molecule has 1 nitrogen and oxygen atoms in total. The SMILES string of the molecule is C=C(C)C(NCCC)c1cc(F)c(Cl)cc1F. The number of hydrogen-bond acceptors (Lipinski definition) is 1. The van der Waals surface area contributed by atoms with Gasteiger partial charge in [0.1, 0.15) is 11.6 Å². The van der Waals surface area contributed by atoms with Crippen LogP contribution >= 0.6 is 11.6 Å². The maximum atomic E-state index is 13.7. The first-order chi connectivity index (χ1) is 7.97. The molecule has 0 aromatic heterocycles. The maximum Gasteiger partial charge on any atom is 0.142 e. The van der Waals surface area contributed by atoms with Crippen LogP contribution in [0.3, 0.4) is 0 Å². The van der Waals surface area contributed by atoms with Gasteiger partial charge in [-0.15, -0.1) is 0 Å². The molecule has 1 atom stereocenters. The zero-order valence-electron chi connectivity index (χ0n) is 9.99. The summed E-state index contributed by atoms with van der Waals surface area (Å²) in [5.41, 5.74) is 0.979. The van der Waals surface area contributed by atoms with Crippen LogP contribution in [-0.4, -0.2) is 6.54 Å². The highest BCUT2D eigenvalue weighted by atomic mass is 35.5. The van der Waals surface area contributed by atoms with Gasteiger partial charge in [0.2, 0.25) is 0 Å². The van der Waals surface area contributed by atoms with Crippen molar-refractivity contribution in [3.8, 4) is 0 Å². The Morgan fingerprint density at radius 1 is 1.41 bits per heavy atom. The summed E-state index contributed by atoms with van der Waals surface area (Å²) in [4.78, 5) is 0. The molecule has 94 valence electrons. The first kappa shape index (κ1) is 14.1. The van der Waals surface area contributed by atoms with E-state index in [1.807, 2.05) is 6.92 Å². The van der Waals surface area contributed by atoms with Gasteiger partial charge in [0.25, 0.3) is 0 Å². The van der Waals surface area contributed by atoms with Gasteiger partial charge in [-0.3, -0.25) is 0 Å². The highest BCUT2D eigenvalue weighted by Gasteiger charge is 2.18. The number of benzene rings is 1. The van der Waals surface area contributed by atoms with Crippen LogP contribution in [0.1, 0.15) is 31.9 Å². The molecule has 0 spiro atoms. The second-order valence-electron chi connectivity index (χ2n) is 4.02. The average Bonchev–Trinajstić information content (AvgIpc) is 2.25. The molecule has 0 bridgehead atoms. The minimum absolute atomic E-state index is 0.206. The summed E-state index contributed by atoms with van der Waals surface area (Å²) in [6, 6.07) is 1.73. The topological polar surface area (TPSA) is 12.0 Å². The highest BCUT2D eigenvalue weighted by molar-refractivity contribution is 6.30. The van der Waals surface area contributed by atoms with Crippen molar-refractivity contribution in [2.45, 2.75) is 26.3 Å². The third-order valence-corrected chi connectivity index (χ3v) is 2.73. The molecule has 0 fully saturated rings. The van der Waals surface area contributed by atoms with Gasteiger partial charge in [0, 0.05) is 5.56 Å². The van der Waals surface area contributed by atoms with E-state index in [9.17, 15) is 8.78 Å². The fraction of sp³-hybridized carbons (Fsp3) is 0.385. The summed E-state index contributed by atoms with van der Waals surface area (Å²) >= 11 is 5.52. The second-order valence-corrected chi connectivity index (χ2v) is 4.43. The predicted octanol–water partition coefficient (Wildman–Crippen LogP) is 4.24. The Bertz CT molecular complexity index is 418. The fourth-order valence-electron chi connectivity index (χ4n) is 1.60. The second kappa shape index (κ2) is 6.12. The lowest BCUT2D eigenvalue weighted by Gasteiger charge is -2.20. The Kier molecular flexibility index (Phi) is 5.09. The zero-order chi connectivity index (χ0) is 13.0. The van der Waals surface area contributed by atoms with Gasteiger partial charge in [-0.1, -0.05) is 30.7 Å². The van der Waals surface area contributed by atoms with Gasteiger partial charge in [0.05, 0.1) is 11.1 Å². The Morgan fingerprint density at radius 3 is 2.59 bits per heavy atom. The van der Waals surface area contributed by atoms with Gasteiger partial charge in [-0.05, 0) is 32.0 Å². The van der Waals surface area contributed by atoms with E-state index in [2.05, 4.69) is 11.9 Å². The van der Waals surface area contributed by atoms with Crippen LogP contribution < -0.4 is 5.32 Å². The number of nitrogens with one attached hydrogen (secondary N) is 1. The van der Waals surface area contributed by atoms with Crippen LogP contribution in [-0.2, 0) is 0 Å². The van der Waals surface area contributed by atoms with Crippen molar-refractivity contribution in [2.75, 3.05) is 6.54 Å². The molecule has 1 unspecified atom stereocenters. The number of rotatable bonds is 5. The Hall–Kier alpha value is -0.930. The summed E-state index contributed by atoms with van der Waals surface area (Å²) in [6.07, 6.45) is 0.904. The molecule has 0 aliphatic rings. The first-order valence-corrected chi connectivity index (χ1v) is 5.88.